The largest absolute Gasteiger partial charge is 0.409 e. The lowest BCUT2D eigenvalue weighted by Crippen LogP contribution is -2.33. The highest BCUT2D eigenvalue weighted by Crippen LogP contribution is 2.06. The van der Waals surface area contributed by atoms with E-state index in [1.807, 2.05) is 13.8 Å². The fourth-order valence-corrected chi connectivity index (χ4v) is 1.75. The maximum Gasteiger partial charge on any atom is 0.272 e. The SMILES string of the molecule is CCCN(CCC)C(=O)c1ccc(C(N)=NO)cn1. The number of amidine groups is 1. The van der Waals surface area contributed by atoms with Gasteiger partial charge in [-0.05, 0) is 25.0 Å². The van der Waals surface area contributed by atoms with Crippen molar-refractivity contribution in [2.45, 2.75) is 26.7 Å². The molecule has 0 saturated heterocycles. The van der Waals surface area contributed by atoms with Crippen molar-refractivity contribution >= 4 is 11.7 Å². The molecule has 0 aromatic carbocycles. The Balaban J connectivity index is 2.87. The first kappa shape index (κ1) is 14.9. The second-order valence-electron chi connectivity index (χ2n) is 4.21. The first-order valence-corrected chi connectivity index (χ1v) is 6.37. The first-order chi connectivity index (χ1) is 9.13. The Morgan fingerprint density at radius 2 is 2.00 bits per heavy atom. The molecule has 1 aromatic heterocycles. The predicted octanol–water partition coefficient (Wildman–Crippen LogP) is 1.44. The van der Waals surface area contributed by atoms with Crippen molar-refractivity contribution in [1.29, 1.82) is 0 Å². The van der Waals surface area contributed by atoms with Crippen LogP contribution in [-0.4, -0.2) is 39.9 Å². The maximum absolute atomic E-state index is 12.2. The van der Waals surface area contributed by atoms with E-state index in [2.05, 4.69) is 10.1 Å². The van der Waals surface area contributed by atoms with Crippen molar-refractivity contribution in [3.63, 3.8) is 0 Å². The molecule has 0 bridgehead atoms. The van der Waals surface area contributed by atoms with Crippen molar-refractivity contribution in [2.75, 3.05) is 13.1 Å². The molecule has 0 spiro atoms. The minimum Gasteiger partial charge on any atom is -0.409 e. The number of hydrogen-bond donors (Lipinski definition) is 2. The highest BCUT2D eigenvalue weighted by molar-refractivity contribution is 5.98. The van der Waals surface area contributed by atoms with E-state index in [0.29, 0.717) is 11.3 Å². The molecule has 0 aliphatic carbocycles. The van der Waals surface area contributed by atoms with Crippen molar-refractivity contribution in [3.8, 4) is 0 Å². The molecule has 0 radical (unpaired) electrons. The molecular weight excluding hydrogens is 244 g/mol. The molecule has 3 N–H and O–H groups in total. The summed E-state index contributed by atoms with van der Waals surface area (Å²) in [5.41, 5.74) is 6.29. The van der Waals surface area contributed by atoms with E-state index in [4.69, 9.17) is 10.9 Å². The number of oxime groups is 1. The van der Waals surface area contributed by atoms with Crippen LogP contribution in [-0.2, 0) is 0 Å². The lowest BCUT2D eigenvalue weighted by molar-refractivity contribution is 0.0749. The number of rotatable bonds is 6. The quantitative estimate of drug-likeness (QED) is 0.352. The highest BCUT2D eigenvalue weighted by Gasteiger charge is 2.15. The molecule has 104 valence electrons. The Bertz CT molecular complexity index is 436. The Labute approximate surface area is 112 Å². The summed E-state index contributed by atoms with van der Waals surface area (Å²) in [4.78, 5) is 18.1. The summed E-state index contributed by atoms with van der Waals surface area (Å²) < 4.78 is 0. The second-order valence-corrected chi connectivity index (χ2v) is 4.21. The molecule has 0 saturated carbocycles. The van der Waals surface area contributed by atoms with Gasteiger partial charge in [0.15, 0.2) is 5.84 Å². The fourth-order valence-electron chi connectivity index (χ4n) is 1.75. The van der Waals surface area contributed by atoms with Gasteiger partial charge in [0, 0.05) is 24.8 Å². The van der Waals surface area contributed by atoms with Crippen molar-refractivity contribution in [1.82, 2.24) is 9.88 Å². The van der Waals surface area contributed by atoms with Gasteiger partial charge in [0.05, 0.1) is 0 Å². The minimum absolute atomic E-state index is 0.0227. The molecule has 1 rings (SSSR count). The Kier molecular flexibility index (Phi) is 5.78. The minimum atomic E-state index is -0.0882. The zero-order valence-electron chi connectivity index (χ0n) is 11.3. The Morgan fingerprint density at radius 1 is 1.37 bits per heavy atom. The summed E-state index contributed by atoms with van der Waals surface area (Å²) in [6, 6.07) is 3.21. The summed E-state index contributed by atoms with van der Waals surface area (Å²) in [5.74, 6) is -0.111. The van der Waals surface area contributed by atoms with Gasteiger partial charge >= 0.3 is 0 Å². The smallest absolute Gasteiger partial charge is 0.272 e. The van der Waals surface area contributed by atoms with Crippen LogP contribution in [0.25, 0.3) is 0 Å². The Morgan fingerprint density at radius 3 is 2.42 bits per heavy atom. The van der Waals surface area contributed by atoms with Gasteiger partial charge < -0.3 is 15.8 Å². The van der Waals surface area contributed by atoms with Crippen LogP contribution in [0, 0.1) is 0 Å². The molecule has 0 fully saturated rings. The van der Waals surface area contributed by atoms with Gasteiger partial charge in [-0.25, -0.2) is 0 Å². The van der Waals surface area contributed by atoms with Gasteiger partial charge in [0.25, 0.3) is 5.91 Å². The van der Waals surface area contributed by atoms with E-state index in [1.54, 1.807) is 17.0 Å². The van der Waals surface area contributed by atoms with E-state index in [9.17, 15) is 4.79 Å². The molecule has 19 heavy (non-hydrogen) atoms. The first-order valence-electron chi connectivity index (χ1n) is 6.37. The van der Waals surface area contributed by atoms with Crippen LogP contribution in [0.15, 0.2) is 23.5 Å². The van der Waals surface area contributed by atoms with Gasteiger partial charge in [-0.15, -0.1) is 0 Å². The normalized spacial score (nSPS) is 11.4. The third-order valence-corrected chi connectivity index (χ3v) is 2.66. The summed E-state index contributed by atoms with van der Waals surface area (Å²) in [6.45, 7) is 5.50. The highest BCUT2D eigenvalue weighted by atomic mass is 16.4. The van der Waals surface area contributed by atoms with E-state index < -0.39 is 0 Å². The molecule has 1 amide bonds. The number of hydrogen-bond acceptors (Lipinski definition) is 4. The third kappa shape index (κ3) is 3.94. The van der Waals surface area contributed by atoms with Crippen LogP contribution in [0.5, 0.6) is 0 Å². The molecule has 0 aliphatic heterocycles. The lowest BCUT2D eigenvalue weighted by atomic mass is 10.2. The fraction of sp³-hybridized carbons (Fsp3) is 0.462. The van der Waals surface area contributed by atoms with Crippen molar-refractivity contribution < 1.29 is 10.0 Å². The number of carbonyl (C=O) groups excluding carboxylic acids is 1. The molecule has 0 unspecified atom stereocenters. The summed E-state index contributed by atoms with van der Waals surface area (Å²) in [6.07, 6.45) is 3.25. The molecule has 1 heterocycles. The molecular formula is C13H20N4O2. The lowest BCUT2D eigenvalue weighted by Gasteiger charge is -2.20. The van der Waals surface area contributed by atoms with Crippen molar-refractivity contribution in [3.05, 3.63) is 29.6 Å². The average Bonchev–Trinajstić information content (AvgIpc) is 2.45. The van der Waals surface area contributed by atoms with E-state index in [1.165, 1.54) is 6.20 Å². The third-order valence-electron chi connectivity index (χ3n) is 2.66. The van der Waals surface area contributed by atoms with Gasteiger partial charge in [-0.1, -0.05) is 19.0 Å². The molecule has 6 nitrogen and oxygen atoms in total. The molecule has 1 aromatic rings. The molecule has 6 heteroatoms. The Hall–Kier alpha value is -2.11. The second kappa shape index (κ2) is 7.35. The zero-order chi connectivity index (χ0) is 14.3. The van der Waals surface area contributed by atoms with Crippen LogP contribution in [0.3, 0.4) is 0 Å². The summed E-state index contributed by atoms with van der Waals surface area (Å²) in [5, 5.41) is 11.4. The average molecular weight is 264 g/mol. The van der Waals surface area contributed by atoms with Crippen LogP contribution in [0.4, 0.5) is 0 Å². The monoisotopic (exact) mass is 264 g/mol. The van der Waals surface area contributed by atoms with Gasteiger partial charge in [0.2, 0.25) is 0 Å². The van der Waals surface area contributed by atoms with Gasteiger partial charge in [-0.2, -0.15) is 0 Å². The summed E-state index contributed by atoms with van der Waals surface area (Å²) >= 11 is 0. The summed E-state index contributed by atoms with van der Waals surface area (Å²) in [7, 11) is 0. The molecule has 0 atom stereocenters. The number of aromatic nitrogens is 1. The number of nitrogens with zero attached hydrogens (tertiary/aromatic N) is 3. The van der Waals surface area contributed by atoms with E-state index in [-0.39, 0.29) is 11.7 Å². The zero-order valence-corrected chi connectivity index (χ0v) is 11.3. The van der Waals surface area contributed by atoms with Gasteiger partial charge in [-0.3, -0.25) is 9.78 Å². The standard InChI is InChI=1S/C13H20N4O2/c1-3-7-17(8-4-2)13(18)11-6-5-10(9-15-11)12(14)16-19/h5-6,9,19H,3-4,7-8H2,1-2H3,(H2,14,16). The number of amides is 1. The van der Waals surface area contributed by atoms with Crippen LogP contribution < -0.4 is 5.73 Å². The predicted molar refractivity (Wildman–Crippen MR) is 73.2 cm³/mol. The van der Waals surface area contributed by atoms with Crippen molar-refractivity contribution in [2.24, 2.45) is 10.9 Å². The van der Waals surface area contributed by atoms with Gasteiger partial charge in [0.1, 0.15) is 5.69 Å². The van der Waals surface area contributed by atoms with Crippen LogP contribution >= 0.6 is 0 Å². The number of pyridine rings is 1. The van der Waals surface area contributed by atoms with E-state index in [0.717, 1.165) is 25.9 Å². The van der Waals surface area contributed by atoms with E-state index >= 15 is 0 Å². The number of carbonyl (C=O) groups is 1. The topological polar surface area (TPSA) is 91.8 Å². The number of nitrogens with two attached hydrogens (primary N) is 1. The van der Waals surface area contributed by atoms with Crippen LogP contribution in [0.2, 0.25) is 0 Å². The maximum atomic E-state index is 12.2. The molecule has 0 aliphatic rings. The van der Waals surface area contributed by atoms with Crippen LogP contribution in [0.1, 0.15) is 42.7 Å².